The quantitative estimate of drug-likeness (QED) is 0.862. The SMILES string of the molecule is COP(=O)(OC)[C@@H]1C(C#N)=C(N)Oc2ccc(Cl)cc21. The monoisotopic (exact) mass is 314 g/mol. The van der Waals surface area contributed by atoms with Crippen molar-refractivity contribution in [1.29, 1.82) is 5.26 Å². The number of halogens is 1. The highest BCUT2D eigenvalue weighted by Gasteiger charge is 2.44. The Hall–Kier alpha value is -1.51. The van der Waals surface area contributed by atoms with E-state index in [0.717, 1.165) is 0 Å². The maximum atomic E-state index is 12.7. The van der Waals surface area contributed by atoms with Crippen molar-refractivity contribution in [3.63, 3.8) is 0 Å². The molecule has 2 N–H and O–H groups in total. The maximum absolute atomic E-state index is 12.7. The van der Waals surface area contributed by atoms with Crippen LogP contribution >= 0.6 is 19.2 Å². The molecule has 1 aliphatic heterocycles. The number of benzene rings is 1. The Labute approximate surface area is 121 Å². The summed E-state index contributed by atoms with van der Waals surface area (Å²) in [4.78, 5) is 0. The lowest BCUT2D eigenvalue weighted by Gasteiger charge is -2.29. The fourth-order valence-electron chi connectivity index (χ4n) is 2.02. The van der Waals surface area contributed by atoms with Crippen molar-refractivity contribution in [1.82, 2.24) is 0 Å². The summed E-state index contributed by atoms with van der Waals surface area (Å²) < 4.78 is 28.1. The van der Waals surface area contributed by atoms with Gasteiger partial charge in [0.25, 0.3) is 0 Å². The van der Waals surface area contributed by atoms with Crippen LogP contribution in [0.25, 0.3) is 0 Å². The van der Waals surface area contributed by atoms with Crippen LogP contribution in [-0.4, -0.2) is 14.2 Å². The first-order chi connectivity index (χ1) is 9.46. The van der Waals surface area contributed by atoms with Gasteiger partial charge in [-0.1, -0.05) is 11.6 Å². The standard InChI is InChI=1S/C12H12ClN2O4P/c1-17-20(16,18-2)11-8-5-7(13)3-4-10(8)19-12(15)9(11)6-14/h3-5,11H,15H2,1-2H3/t11-/m0/s1. The summed E-state index contributed by atoms with van der Waals surface area (Å²) in [5, 5.41) is 9.66. The Balaban J connectivity index is 2.72. The second-order valence-corrected chi connectivity index (χ2v) is 6.74. The van der Waals surface area contributed by atoms with Crippen molar-refractivity contribution in [3.8, 4) is 11.8 Å². The first-order valence-corrected chi connectivity index (χ1v) is 7.54. The number of hydrogen-bond acceptors (Lipinski definition) is 6. The second kappa shape index (κ2) is 5.47. The van der Waals surface area contributed by atoms with Crippen LogP contribution in [0, 0.1) is 11.3 Å². The normalized spacial score (nSPS) is 18.2. The topological polar surface area (TPSA) is 94.6 Å². The summed E-state index contributed by atoms with van der Waals surface area (Å²) in [6, 6.07) is 6.63. The van der Waals surface area contributed by atoms with E-state index in [0.29, 0.717) is 16.3 Å². The van der Waals surface area contributed by atoms with Gasteiger partial charge in [0.05, 0.1) is 0 Å². The molecule has 0 saturated carbocycles. The van der Waals surface area contributed by atoms with E-state index in [2.05, 4.69) is 0 Å². The molecule has 2 rings (SSSR count). The lowest BCUT2D eigenvalue weighted by molar-refractivity contribution is 0.266. The van der Waals surface area contributed by atoms with Gasteiger partial charge in [-0.15, -0.1) is 0 Å². The minimum atomic E-state index is -3.62. The molecule has 0 radical (unpaired) electrons. The van der Waals surface area contributed by atoms with Crippen LogP contribution in [0.2, 0.25) is 5.02 Å². The van der Waals surface area contributed by atoms with E-state index in [1.807, 2.05) is 6.07 Å². The number of allylic oxidation sites excluding steroid dienone is 1. The highest BCUT2D eigenvalue weighted by atomic mass is 35.5. The van der Waals surface area contributed by atoms with Gasteiger partial charge in [-0.25, -0.2) is 0 Å². The molecule has 1 heterocycles. The summed E-state index contributed by atoms with van der Waals surface area (Å²) in [5.41, 5.74) is 5.17. The van der Waals surface area contributed by atoms with Crippen molar-refractivity contribution < 1.29 is 18.3 Å². The van der Waals surface area contributed by atoms with Gasteiger partial charge in [-0.05, 0) is 18.2 Å². The van der Waals surface area contributed by atoms with Gasteiger partial charge in [0.15, 0.2) is 0 Å². The Morgan fingerprint density at radius 3 is 2.65 bits per heavy atom. The third kappa shape index (κ3) is 2.30. The van der Waals surface area contributed by atoms with Crippen LogP contribution in [0.1, 0.15) is 11.2 Å². The predicted molar refractivity (Wildman–Crippen MR) is 73.3 cm³/mol. The number of nitriles is 1. The molecule has 6 nitrogen and oxygen atoms in total. The number of hydrogen-bond donors (Lipinski definition) is 1. The summed E-state index contributed by atoms with van der Waals surface area (Å²) in [7, 11) is -1.13. The highest BCUT2D eigenvalue weighted by molar-refractivity contribution is 7.54. The molecule has 0 aromatic heterocycles. The zero-order valence-electron chi connectivity index (χ0n) is 10.8. The van der Waals surface area contributed by atoms with E-state index in [9.17, 15) is 9.83 Å². The van der Waals surface area contributed by atoms with E-state index >= 15 is 0 Å². The van der Waals surface area contributed by atoms with Crippen LogP contribution in [0.3, 0.4) is 0 Å². The largest absolute Gasteiger partial charge is 0.440 e. The van der Waals surface area contributed by atoms with Gasteiger partial charge in [0.1, 0.15) is 23.1 Å². The number of nitrogens with two attached hydrogens (primary N) is 1. The molecule has 0 bridgehead atoms. The Morgan fingerprint density at radius 2 is 2.10 bits per heavy atom. The molecule has 20 heavy (non-hydrogen) atoms. The van der Waals surface area contributed by atoms with Crippen molar-refractivity contribution >= 4 is 19.2 Å². The zero-order chi connectivity index (χ0) is 14.9. The van der Waals surface area contributed by atoms with Crippen molar-refractivity contribution in [2.24, 2.45) is 5.73 Å². The first-order valence-electron chi connectivity index (χ1n) is 5.55. The van der Waals surface area contributed by atoms with Crippen molar-refractivity contribution in [2.45, 2.75) is 5.66 Å². The molecule has 1 aromatic carbocycles. The van der Waals surface area contributed by atoms with Gasteiger partial charge in [0, 0.05) is 24.8 Å². The summed E-state index contributed by atoms with van der Waals surface area (Å²) in [6.45, 7) is 0. The maximum Gasteiger partial charge on any atom is 0.343 e. The highest BCUT2D eigenvalue weighted by Crippen LogP contribution is 2.65. The number of nitrogens with zero attached hydrogens (tertiary/aromatic N) is 1. The van der Waals surface area contributed by atoms with Crippen LogP contribution in [0.15, 0.2) is 29.7 Å². The number of rotatable bonds is 3. The number of fused-ring (bicyclic) bond motifs is 1. The van der Waals surface area contributed by atoms with Gasteiger partial charge in [-0.3, -0.25) is 4.57 Å². The molecular weight excluding hydrogens is 303 g/mol. The van der Waals surface area contributed by atoms with Crippen LogP contribution in [0.5, 0.6) is 5.75 Å². The van der Waals surface area contributed by atoms with Gasteiger partial charge >= 0.3 is 7.60 Å². The Morgan fingerprint density at radius 1 is 1.45 bits per heavy atom. The molecule has 0 spiro atoms. The average molecular weight is 315 g/mol. The molecule has 0 amide bonds. The lowest BCUT2D eigenvalue weighted by Crippen LogP contribution is -2.21. The summed E-state index contributed by atoms with van der Waals surface area (Å²) in [5.74, 6) is 0.242. The molecule has 1 atom stereocenters. The van der Waals surface area contributed by atoms with Gasteiger partial charge in [-0.2, -0.15) is 5.26 Å². The minimum Gasteiger partial charge on any atom is -0.440 e. The average Bonchev–Trinajstić information content (AvgIpc) is 2.45. The van der Waals surface area contributed by atoms with E-state index < -0.39 is 13.3 Å². The molecule has 0 fully saturated rings. The van der Waals surface area contributed by atoms with Crippen molar-refractivity contribution in [2.75, 3.05) is 14.2 Å². The number of ether oxygens (including phenoxy) is 1. The zero-order valence-corrected chi connectivity index (χ0v) is 12.4. The van der Waals surface area contributed by atoms with E-state index in [4.69, 9.17) is 31.1 Å². The molecule has 106 valence electrons. The molecule has 0 aliphatic carbocycles. The molecule has 0 unspecified atom stereocenters. The van der Waals surface area contributed by atoms with E-state index in [1.165, 1.54) is 14.2 Å². The molecule has 8 heteroatoms. The van der Waals surface area contributed by atoms with Crippen LogP contribution in [0.4, 0.5) is 0 Å². The van der Waals surface area contributed by atoms with Gasteiger partial charge < -0.3 is 19.5 Å². The minimum absolute atomic E-state index is 0.00759. The fraction of sp³-hybridized carbons (Fsp3) is 0.250. The molecular formula is C12H12ClN2O4P. The summed E-state index contributed by atoms with van der Waals surface area (Å²) in [6.07, 6.45) is 0. The predicted octanol–water partition coefficient (Wildman–Crippen LogP) is 2.95. The molecule has 1 aliphatic rings. The van der Waals surface area contributed by atoms with E-state index in [-0.39, 0.29) is 11.5 Å². The van der Waals surface area contributed by atoms with Gasteiger partial charge in [0.2, 0.25) is 5.88 Å². The van der Waals surface area contributed by atoms with Crippen LogP contribution in [-0.2, 0) is 13.6 Å². The van der Waals surface area contributed by atoms with Crippen LogP contribution < -0.4 is 10.5 Å². The Bertz CT molecular complexity index is 660. The fourth-order valence-corrected chi connectivity index (χ4v) is 3.81. The Kier molecular flexibility index (Phi) is 4.07. The second-order valence-electron chi connectivity index (χ2n) is 3.98. The summed E-state index contributed by atoms with van der Waals surface area (Å²) >= 11 is 5.95. The van der Waals surface area contributed by atoms with Crippen molar-refractivity contribution in [3.05, 3.63) is 40.2 Å². The van der Waals surface area contributed by atoms with E-state index in [1.54, 1.807) is 18.2 Å². The third-order valence-corrected chi connectivity index (χ3v) is 5.39. The molecule has 1 aromatic rings. The smallest absolute Gasteiger partial charge is 0.343 e. The lowest BCUT2D eigenvalue weighted by atomic mass is 10.0. The third-order valence-electron chi connectivity index (χ3n) is 2.97. The molecule has 0 saturated heterocycles. The first kappa shape index (κ1) is 14.9.